The van der Waals surface area contributed by atoms with Crippen molar-refractivity contribution < 1.29 is 4.74 Å². The number of rotatable bonds is 2. The maximum atomic E-state index is 6.51. The van der Waals surface area contributed by atoms with Gasteiger partial charge in [0.25, 0.3) is 0 Å². The first-order chi connectivity index (χ1) is 13.0. The van der Waals surface area contributed by atoms with E-state index < -0.39 is 0 Å². The van der Waals surface area contributed by atoms with Crippen LogP contribution in [0.2, 0.25) is 0 Å². The number of ether oxygens (including phenoxy) is 1. The maximum absolute atomic E-state index is 6.51. The van der Waals surface area contributed by atoms with Gasteiger partial charge in [0.15, 0.2) is 0 Å². The van der Waals surface area contributed by atoms with E-state index in [9.17, 15) is 0 Å². The molecule has 27 heavy (non-hydrogen) atoms. The first-order valence-corrected chi connectivity index (χ1v) is 9.65. The molecule has 0 radical (unpaired) electrons. The third kappa shape index (κ3) is 2.51. The molecule has 134 valence electrons. The van der Waals surface area contributed by atoms with Gasteiger partial charge in [-0.05, 0) is 66.1 Å². The van der Waals surface area contributed by atoms with Crippen LogP contribution in [0.25, 0.3) is 32.8 Å². The molecule has 1 aliphatic rings. The van der Waals surface area contributed by atoms with Crippen molar-refractivity contribution >= 4 is 21.5 Å². The van der Waals surface area contributed by atoms with Gasteiger partial charge in [0.2, 0.25) is 0 Å². The van der Waals surface area contributed by atoms with E-state index >= 15 is 0 Å². The van der Waals surface area contributed by atoms with Crippen LogP contribution < -0.4 is 4.74 Å². The number of hydrogen-bond acceptors (Lipinski definition) is 2. The van der Waals surface area contributed by atoms with Crippen molar-refractivity contribution in [3.8, 4) is 22.8 Å². The predicted octanol–water partition coefficient (Wildman–Crippen LogP) is 6.98. The Balaban J connectivity index is 1.83. The van der Waals surface area contributed by atoms with Crippen LogP contribution in [0.1, 0.15) is 30.5 Å². The predicted molar refractivity (Wildman–Crippen MR) is 113 cm³/mol. The lowest BCUT2D eigenvalue weighted by atomic mass is 9.91. The van der Waals surface area contributed by atoms with Crippen LogP contribution in [0.5, 0.6) is 11.5 Å². The van der Waals surface area contributed by atoms with Gasteiger partial charge < -0.3 is 4.74 Å². The second-order valence-electron chi connectivity index (χ2n) is 8.15. The summed E-state index contributed by atoms with van der Waals surface area (Å²) in [6, 6.07) is 15.4. The van der Waals surface area contributed by atoms with Crippen molar-refractivity contribution in [3.05, 3.63) is 65.4 Å². The fraction of sp³-hybridized carbons (Fsp3) is 0.240. The van der Waals surface area contributed by atoms with E-state index in [4.69, 9.17) is 9.72 Å². The van der Waals surface area contributed by atoms with Gasteiger partial charge in [-0.3, -0.25) is 4.98 Å². The average Bonchev–Trinajstić information content (AvgIpc) is 2.63. The number of nitrogens with zero attached hydrogens (tertiary/aromatic N) is 1. The molecular weight excluding hydrogens is 330 g/mol. The molecular formula is C25H23NO. The standard InChI is InChI=1S/C25H23NO/c1-14(2)9-17-11-19-7-8-26-24-21-13-18-6-5-15(3)10-20(18)16(4)25(21)27-22(12-17)23(19)24/h5-8,10-14H,9H2,1-4H3. The highest BCUT2D eigenvalue weighted by Gasteiger charge is 2.24. The number of aryl methyl sites for hydroxylation is 2. The largest absolute Gasteiger partial charge is 0.456 e. The Labute approximate surface area is 159 Å². The number of fused-ring (bicyclic) bond motifs is 3. The van der Waals surface area contributed by atoms with E-state index in [1.807, 2.05) is 6.20 Å². The minimum absolute atomic E-state index is 0.612. The third-order valence-corrected chi connectivity index (χ3v) is 5.50. The molecule has 0 saturated heterocycles. The molecule has 5 rings (SSSR count). The molecule has 0 spiro atoms. The zero-order valence-corrected chi connectivity index (χ0v) is 16.3. The fourth-order valence-corrected chi connectivity index (χ4v) is 4.30. The van der Waals surface area contributed by atoms with Gasteiger partial charge in [-0.2, -0.15) is 0 Å². The van der Waals surface area contributed by atoms with Gasteiger partial charge in [-0.1, -0.05) is 43.7 Å². The fourth-order valence-electron chi connectivity index (χ4n) is 4.30. The molecule has 1 aliphatic heterocycles. The van der Waals surface area contributed by atoms with Crippen LogP contribution in [0.4, 0.5) is 0 Å². The molecule has 0 atom stereocenters. The smallest absolute Gasteiger partial charge is 0.140 e. The second-order valence-corrected chi connectivity index (χ2v) is 8.15. The lowest BCUT2D eigenvalue weighted by Gasteiger charge is -2.24. The number of aromatic nitrogens is 1. The summed E-state index contributed by atoms with van der Waals surface area (Å²) in [5, 5.41) is 4.82. The Bertz CT molecular complexity index is 1220. The monoisotopic (exact) mass is 353 g/mol. The lowest BCUT2D eigenvalue weighted by Crippen LogP contribution is -2.03. The van der Waals surface area contributed by atoms with Gasteiger partial charge in [-0.15, -0.1) is 0 Å². The highest BCUT2D eigenvalue weighted by Crippen LogP contribution is 2.49. The van der Waals surface area contributed by atoms with Gasteiger partial charge >= 0.3 is 0 Å². The van der Waals surface area contributed by atoms with E-state index in [1.54, 1.807) is 0 Å². The topological polar surface area (TPSA) is 22.1 Å². The van der Waals surface area contributed by atoms with Crippen molar-refractivity contribution in [1.82, 2.24) is 4.98 Å². The molecule has 0 aliphatic carbocycles. The molecule has 2 heteroatoms. The van der Waals surface area contributed by atoms with Crippen LogP contribution in [0, 0.1) is 19.8 Å². The Hall–Kier alpha value is -2.87. The first-order valence-electron chi connectivity index (χ1n) is 9.65. The van der Waals surface area contributed by atoms with Gasteiger partial charge in [0.05, 0.1) is 11.1 Å². The van der Waals surface area contributed by atoms with Crippen LogP contribution in [-0.2, 0) is 6.42 Å². The molecule has 0 unspecified atom stereocenters. The molecule has 0 N–H and O–H groups in total. The number of hydrogen-bond donors (Lipinski definition) is 0. The molecule has 4 aromatic rings. The Morgan fingerprint density at radius 3 is 2.63 bits per heavy atom. The van der Waals surface area contributed by atoms with Crippen molar-refractivity contribution in [2.75, 3.05) is 0 Å². The van der Waals surface area contributed by atoms with E-state index in [1.165, 1.54) is 32.8 Å². The molecule has 0 bridgehead atoms. The van der Waals surface area contributed by atoms with E-state index in [0.717, 1.165) is 34.6 Å². The second kappa shape index (κ2) is 5.82. The van der Waals surface area contributed by atoms with E-state index in [2.05, 4.69) is 70.2 Å². The molecule has 1 aromatic heterocycles. The van der Waals surface area contributed by atoms with Gasteiger partial charge in [0.1, 0.15) is 11.5 Å². The van der Waals surface area contributed by atoms with Crippen molar-refractivity contribution in [2.24, 2.45) is 5.92 Å². The van der Waals surface area contributed by atoms with Crippen molar-refractivity contribution in [2.45, 2.75) is 34.1 Å². The Morgan fingerprint density at radius 1 is 0.963 bits per heavy atom. The molecule has 0 saturated carbocycles. The third-order valence-electron chi connectivity index (χ3n) is 5.50. The quantitative estimate of drug-likeness (QED) is 0.342. The summed E-state index contributed by atoms with van der Waals surface area (Å²) in [6.07, 6.45) is 2.97. The number of pyridine rings is 1. The maximum Gasteiger partial charge on any atom is 0.140 e. The lowest BCUT2D eigenvalue weighted by molar-refractivity contribution is 0.482. The van der Waals surface area contributed by atoms with Crippen molar-refractivity contribution in [3.63, 3.8) is 0 Å². The molecule has 2 nitrogen and oxygen atoms in total. The van der Waals surface area contributed by atoms with Crippen LogP contribution in [0.3, 0.4) is 0 Å². The molecule has 2 heterocycles. The van der Waals surface area contributed by atoms with Crippen molar-refractivity contribution in [1.29, 1.82) is 0 Å². The summed E-state index contributed by atoms with van der Waals surface area (Å²) in [6.45, 7) is 8.80. The van der Waals surface area contributed by atoms with E-state index in [0.29, 0.717) is 5.92 Å². The SMILES string of the molecule is Cc1ccc2cc3c(c(C)c2c1)Oc1cc(CC(C)C)cc2ccnc-3c12. The molecule has 0 fully saturated rings. The molecule has 0 amide bonds. The van der Waals surface area contributed by atoms with Gasteiger partial charge in [0, 0.05) is 17.3 Å². The first kappa shape index (κ1) is 16.3. The summed E-state index contributed by atoms with van der Waals surface area (Å²) in [4.78, 5) is 4.75. The summed E-state index contributed by atoms with van der Waals surface area (Å²) in [5.41, 5.74) is 5.90. The van der Waals surface area contributed by atoms with E-state index in [-0.39, 0.29) is 0 Å². The van der Waals surface area contributed by atoms with Crippen LogP contribution >= 0.6 is 0 Å². The zero-order valence-electron chi connectivity index (χ0n) is 16.3. The minimum Gasteiger partial charge on any atom is -0.456 e. The minimum atomic E-state index is 0.612. The van der Waals surface area contributed by atoms with Crippen LogP contribution in [0.15, 0.2) is 48.7 Å². The summed E-state index contributed by atoms with van der Waals surface area (Å²) in [7, 11) is 0. The average molecular weight is 353 g/mol. The Morgan fingerprint density at radius 2 is 1.81 bits per heavy atom. The zero-order chi connectivity index (χ0) is 18.7. The Kier molecular flexibility index (Phi) is 3.51. The highest BCUT2D eigenvalue weighted by atomic mass is 16.5. The summed E-state index contributed by atoms with van der Waals surface area (Å²) >= 11 is 0. The summed E-state index contributed by atoms with van der Waals surface area (Å²) < 4.78 is 6.51. The molecule has 3 aromatic carbocycles. The highest BCUT2D eigenvalue weighted by molar-refractivity contribution is 6.05. The van der Waals surface area contributed by atoms with Gasteiger partial charge in [-0.25, -0.2) is 0 Å². The normalized spacial score (nSPS) is 12.5. The summed E-state index contributed by atoms with van der Waals surface area (Å²) in [5.74, 6) is 2.50. The van der Waals surface area contributed by atoms with Crippen LogP contribution in [-0.4, -0.2) is 4.98 Å². The number of benzene rings is 3.